The lowest BCUT2D eigenvalue weighted by molar-refractivity contribution is 0.415. The van der Waals surface area contributed by atoms with Gasteiger partial charge in [-0.3, -0.25) is 10.8 Å². The van der Waals surface area contributed by atoms with Crippen LogP contribution in [0.2, 0.25) is 0 Å². The van der Waals surface area contributed by atoms with Crippen molar-refractivity contribution in [1.29, 1.82) is 5.41 Å². The molecule has 2 aromatic carbocycles. The zero-order valence-electron chi connectivity index (χ0n) is 14.6. The number of amidine groups is 1. The fraction of sp³-hybridized carbons (Fsp3) is 0.0500. The van der Waals surface area contributed by atoms with Crippen molar-refractivity contribution in [2.45, 2.75) is 0 Å². The molecule has 0 saturated carbocycles. The molecule has 0 bridgehead atoms. The van der Waals surface area contributed by atoms with Crippen molar-refractivity contribution in [2.75, 3.05) is 7.11 Å². The van der Waals surface area contributed by atoms with Crippen molar-refractivity contribution < 1.29 is 4.74 Å². The minimum absolute atomic E-state index is 0.423. The van der Waals surface area contributed by atoms with Gasteiger partial charge in [0.25, 0.3) is 0 Å². The number of nitrogens with one attached hydrogen (secondary N) is 2. The average molecular weight is 395 g/mol. The second-order valence-corrected chi connectivity index (χ2v) is 7.25. The summed E-state index contributed by atoms with van der Waals surface area (Å²) in [6.45, 7) is 0. The first-order valence-electron chi connectivity index (χ1n) is 8.12. The topological polar surface area (TPSA) is 69.8 Å². The van der Waals surface area contributed by atoms with Crippen LogP contribution >= 0.6 is 23.1 Å². The van der Waals surface area contributed by atoms with Gasteiger partial charge in [0, 0.05) is 0 Å². The van der Waals surface area contributed by atoms with Crippen LogP contribution in [-0.4, -0.2) is 23.5 Å². The third-order valence-corrected chi connectivity index (χ3v) is 5.24. The third-order valence-electron chi connectivity index (χ3n) is 3.42. The summed E-state index contributed by atoms with van der Waals surface area (Å²) in [5.74, 6) is 0.798. The molecule has 0 aliphatic carbocycles. The van der Waals surface area contributed by atoms with E-state index >= 15 is 0 Å². The highest BCUT2D eigenvalue weighted by molar-refractivity contribution is 8.27. The lowest BCUT2D eigenvalue weighted by atomic mass is 10.2. The van der Waals surface area contributed by atoms with Crippen LogP contribution in [0.25, 0.3) is 0 Å². The van der Waals surface area contributed by atoms with Crippen LogP contribution in [0.1, 0.15) is 10.4 Å². The maximum atomic E-state index is 8.27. The van der Waals surface area contributed by atoms with Crippen LogP contribution in [0.3, 0.4) is 0 Å². The first kappa shape index (κ1) is 18.9. The summed E-state index contributed by atoms with van der Waals surface area (Å²) >= 11 is 2.76. The molecule has 0 aliphatic rings. The zero-order chi connectivity index (χ0) is 18.9. The van der Waals surface area contributed by atoms with E-state index in [4.69, 9.17) is 10.1 Å². The minimum Gasteiger partial charge on any atom is -0.497 e. The highest BCUT2D eigenvalue weighted by atomic mass is 32.2. The van der Waals surface area contributed by atoms with Gasteiger partial charge in [-0.25, -0.2) is 4.99 Å². The molecule has 1 aromatic heterocycles. The number of methoxy groups -OCH3 is 1. The van der Waals surface area contributed by atoms with Gasteiger partial charge < -0.3 is 4.74 Å². The first-order valence-corrected chi connectivity index (χ1v) is 9.81. The SMILES string of the molecule is COc1ccc(/C=N/NC(=Nc2ccccc2)SC(=N)c2cccs2)cc1. The molecule has 0 unspecified atom stereocenters. The van der Waals surface area contributed by atoms with Crippen LogP contribution in [0.15, 0.2) is 82.2 Å². The number of thioether (sulfide) groups is 1. The van der Waals surface area contributed by atoms with E-state index in [1.54, 1.807) is 13.3 Å². The summed E-state index contributed by atoms with van der Waals surface area (Å²) in [4.78, 5) is 5.46. The van der Waals surface area contributed by atoms with Gasteiger partial charge in [-0.2, -0.15) is 5.10 Å². The number of benzene rings is 2. The highest BCUT2D eigenvalue weighted by Gasteiger charge is 2.08. The third kappa shape index (κ3) is 5.80. The average Bonchev–Trinajstić information content (AvgIpc) is 3.24. The lowest BCUT2D eigenvalue weighted by Crippen LogP contribution is -2.16. The fourth-order valence-corrected chi connectivity index (χ4v) is 3.55. The van der Waals surface area contributed by atoms with Gasteiger partial charge in [-0.1, -0.05) is 24.3 Å². The Kier molecular flexibility index (Phi) is 6.78. The molecule has 2 N–H and O–H groups in total. The van der Waals surface area contributed by atoms with E-state index in [2.05, 4.69) is 15.5 Å². The second-order valence-electron chi connectivity index (χ2n) is 5.30. The van der Waals surface area contributed by atoms with Gasteiger partial charge in [0.05, 0.1) is 23.9 Å². The number of ether oxygens (including phenoxy) is 1. The summed E-state index contributed by atoms with van der Waals surface area (Å²) < 4.78 is 5.15. The van der Waals surface area contributed by atoms with Crippen LogP contribution in [0.4, 0.5) is 5.69 Å². The summed E-state index contributed by atoms with van der Waals surface area (Å²) in [5.41, 5.74) is 4.68. The number of hydrogen-bond acceptors (Lipinski definition) is 6. The molecule has 0 aliphatic heterocycles. The van der Waals surface area contributed by atoms with Gasteiger partial charge in [0.2, 0.25) is 0 Å². The highest BCUT2D eigenvalue weighted by Crippen LogP contribution is 2.20. The Morgan fingerprint density at radius 2 is 1.85 bits per heavy atom. The predicted molar refractivity (Wildman–Crippen MR) is 116 cm³/mol. The maximum absolute atomic E-state index is 8.27. The smallest absolute Gasteiger partial charge is 0.188 e. The zero-order valence-corrected chi connectivity index (χ0v) is 16.3. The van der Waals surface area contributed by atoms with Crippen LogP contribution < -0.4 is 10.2 Å². The van der Waals surface area contributed by atoms with E-state index < -0.39 is 0 Å². The van der Waals surface area contributed by atoms with Gasteiger partial charge in [0.15, 0.2) is 5.17 Å². The van der Waals surface area contributed by atoms with Crippen LogP contribution in [-0.2, 0) is 0 Å². The second kappa shape index (κ2) is 9.70. The van der Waals surface area contributed by atoms with Gasteiger partial charge in [-0.05, 0) is 65.2 Å². The largest absolute Gasteiger partial charge is 0.497 e. The Balaban J connectivity index is 1.73. The molecule has 0 radical (unpaired) electrons. The minimum atomic E-state index is 0.423. The van der Waals surface area contributed by atoms with E-state index in [1.807, 2.05) is 72.1 Å². The van der Waals surface area contributed by atoms with E-state index in [0.717, 1.165) is 21.9 Å². The normalized spacial score (nSPS) is 11.5. The number of rotatable bonds is 5. The molecule has 3 aromatic rings. The molecule has 1 heterocycles. The van der Waals surface area contributed by atoms with Crippen LogP contribution in [0.5, 0.6) is 5.75 Å². The number of aliphatic imine (C=N–C) groups is 1. The predicted octanol–water partition coefficient (Wildman–Crippen LogP) is 5.13. The van der Waals surface area contributed by atoms with Gasteiger partial charge in [-0.15, -0.1) is 11.3 Å². The molecule has 0 fully saturated rings. The van der Waals surface area contributed by atoms with Crippen molar-refractivity contribution in [2.24, 2.45) is 10.1 Å². The van der Waals surface area contributed by atoms with Gasteiger partial charge >= 0.3 is 0 Å². The number of hydrazone groups is 1. The summed E-state index contributed by atoms with van der Waals surface area (Å²) in [7, 11) is 1.64. The molecule has 0 spiro atoms. The summed E-state index contributed by atoms with van der Waals surface area (Å²) in [5, 5.41) is 15.4. The Hall–Kier alpha value is -2.90. The Morgan fingerprint density at radius 1 is 1.07 bits per heavy atom. The standard InChI is InChI=1S/C20H18N4OS2/c1-25-17-11-9-15(10-12-17)14-22-24-20(23-16-6-3-2-4-7-16)27-19(21)18-8-5-13-26-18/h2-14,21H,1H3,(H,23,24)/b21-19?,22-14+. The molecule has 5 nitrogen and oxygen atoms in total. The molecule has 136 valence electrons. The molecule has 3 rings (SSSR count). The van der Waals surface area contributed by atoms with E-state index in [-0.39, 0.29) is 0 Å². The maximum Gasteiger partial charge on any atom is 0.188 e. The lowest BCUT2D eigenvalue weighted by Gasteiger charge is -2.06. The molecule has 0 amide bonds. The molecular weight excluding hydrogens is 376 g/mol. The number of hydrogen-bond donors (Lipinski definition) is 2. The van der Waals surface area contributed by atoms with Gasteiger partial charge in [0.1, 0.15) is 10.8 Å². The van der Waals surface area contributed by atoms with Crippen molar-refractivity contribution in [1.82, 2.24) is 5.43 Å². The van der Waals surface area contributed by atoms with Crippen molar-refractivity contribution in [3.8, 4) is 5.75 Å². The van der Waals surface area contributed by atoms with Crippen LogP contribution in [0, 0.1) is 5.41 Å². The molecular formula is C20H18N4OS2. The fourth-order valence-electron chi connectivity index (χ4n) is 2.10. The molecule has 0 atom stereocenters. The number of para-hydroxylation sites is 1. The monoisotopic (exact) mass is 394 g/mol. The van der Waals surface area contributed by atoms with E-state index in [0.29, 0.717) is 10.2 Å². The van der Waals surface area contributed by atoms with Crippen molar-refractivity contribution >= 4 is 45.2 Å². The quantitative estimate of drug-likeness (QED) is 0.358. The Bertz CT molecular complexity index is 920. The van der Waals surface area contributed by atoms with Crippen molar-refractivity contribution in [3.05, 3.63) is 82.6 Å². The molecule has 27 heavy (non-hydrogen) atoms. The number of thiophene rings is 1. The Labute approximate surface area is 166 Å². The first-order chi connectivity index (χ1) is 13.2. The van der Waals surface area contributed by atoms with E-state index in [1.165, 1.54) is 23.1 Å². The summed E-state index contributed by atoms with van der Waals surface area (Å²) in [6.07, 6.45) is 1.70. The Morgan fingerprint density at radius 3 is 2.52 bits per heavy atom. The number of nitrogens with zero attached hydrogens (tertiary/aromatic N) is 2. The molecule has 0 saturated heterocycles. The summed E-state index contributed by atoms with van der Waals surface area (Å²) in [6, 6.07) is 21.0. The van der Waals surface area contributed by atoms with E-state index in [9.17, 15) is 0 Å². The molecule has 7 heteroatoms. The van der Waals surface area contributed by atoms with Crippen molar-refractivity contribution in [3.63, 3.8) is 0 Å².